The first-order valence-electron chi connectivity index (χ1n) is 20.2. The molecule has 0 bridgehead atoms. The molecule has 3 heteroatoms. The lowest BCUT2D eigenvalue weighted by Gasteiger charge is -2.29. The molecule has 0 aliphatic carbocycles. The van der Waals surface area contributed by atoms with Crippen molar-refractivity contribution in [2.75, 3.05) is 4.90 Å². The van der Waals surface area contributed by atoms with Gasteiger partial charge in [0.15, 0.2) is 0 Å². The Hall–Kier alpha value is -7.88. The maximum Gasteiger partial charge on any atom is 0.145 e. The first-order chi connectivity index (χ1) is 29.3. The van der Waals surface area contributed by atoms with Gasteiger partial charge in [-0.3, -0.25) is 0 Å². The van der Waals surface area contributed by atoms with Crippen LogP contribution in [0.3, 0.4) is 0 Å². The van der Waals surface area contributed by atoms with Crippen LogP contribution in [-0.4, -0.2) is 4.57 Å². The van der Waals surface area contributed by atoms with E-state index in [1.807, 2.05) is 0 Å². The lowest BCUT2D eigenvalue weighted by atomic mass is 9.96. The number of fused-ring (bicyclic) bond motifs is 9. The van der Waals surface area contributed by atoms with Gasteiger partial charge in [0.05, 0.1) is 33.5 Å². The minimum atomic E-state index is 0.858. The summed E-state index contributed by atoms with van der Waals surface area (Å²) in [7, 11) is 0. The second-order valence-corrected chi connectivity index (χ2v) is 15.2. The molecular weight excluding hydrogens is 717 g/mol. The molecule has 0 fully saturated rings. The summed E-state index contributed by atoms with van der Waals surface area (Å²) in [5.74, 6) is 0. The van der Waals surface area contributed by atoms with Crippen molar-refractivity contribution in [3.05, 3.63) is 218 Å². The number of anilines is 3. The van der Waals surface area contributed by atoms with Crippen molar-refractivity contribution < 1.29 is 4.42 Å². The zero-order chi connectivity index (χ0) is 38.9. The van der Waals surface area contributed by atoms with Crippen molar-refractivity contribution in [1.29, 1.82) is 0 Å². The smallest absolute Gasteiger partial charge is 0.145 e. The first kappa shape index (κ1) is 33.3. The average molecular weight is 753 g/mol. The van der Waals surface area contributed by atoms with E-state index in [9.17, 15) is 0 Å². The molecule has 0 radical (unpaired) electrons. The molecule has 2 aromatic heterocycles. The zero-order valence-corrected chi connectivity index (χ0v) is 32.1. The number of hydrogen-bond donors (Lipinski definition) is 0. The van der Waals surface area contributed by atoms with Crippen molar-refractivity contribution in [3.63, 3.8) is 0 Å². The molecule has 59 heavy (non-hydrogen) atoms. The summed E-state index contributed by atoms with van der Waals surface area (Å²) in [6.45, 7) is 0. The van der Waals surface area contributed by atoms with Gasteiger partial charge in [0.25, 0.3) is 0 Å². The Labute approximate surface area is 341 Å². The van der Waals surface area contributed by atoms with Crippen LogP contribution in [0.5, 0.6) is 0 Å². The lowest BCUT2D eigenvalue weighted by molar-refractivity contribution is 0.670. The van der Waals surface area contributed by atoms with Crippen molar-refractivity contribution >= 4 is 82.4 Å². The van der Waals surface area contributed by atoms with Gasteiger partial charge in [-0.1, -0.05) is 170 Å². The second-order valence-electron chi connectivity index (χ2n) is 15.2. The molecule has 0 unspecified atom stereocenters. The molecule has 2 heterocycles. The largest absolute Gasteiger partial charge is 0.455 e. The Morgan fingerprint density at radius 2 is 0.949 bits per heavy atom. The summed E-state index contributed by atoms with van der Waals surface area (Å²) in [5.41, 5.74) is 12.9. The van der Waals surface area contributed by atoms with Gasteiger partial charge in [0.1, 0.15) is 11.2 Å². The maximum absolute atomic E-state index is 6.97. The zero-order valence-electron chi connectivity index (χ0n) is 32.1. The molecule has 0 aliphatic rings. The Kier molecular flexibility index (Phi) is 7.54. The molecule has 3 nitrogen and oxygen atoms in total. The van der Waals surface area contributed by atoms with E-state index in [1.165, 1.54) is 43.4 Å². The van der Waals surface area contributed by atoms with Crippen LogP contribution < -0.4 is 4.90 Å². The van der Waals surface area contributed by atoms with Gasteiger partial charge in [0, 0.05) is 32.8 Å². The van der Waals surface area contributed by atoms with Crippen LogP contribution in [0.2, 0.25) is 0 Å². The normalized spacial score (nSPS) is 11.7. The molecule has 10 aromatic carbocycles. The third-order valence-corrected chi connectivity index (χ3v) is 12.0. The van der Waals surface area contributed by atoms with Gasteiger partial charge in [0.2, 0.25) is 0 Å². The predicted molar refractivity (Wildman–Crippen MR) is 249 cm³/mol. The highest BCUT2D eigenvalue weighted by molar-refractivity contribution is 6.23. The molecule has 0 N–H and O–H groups in total. The van der Waals surface area contributed by atoms with Crippen molar-refractivity contribution in [2.45, 2.75) is 0 Å². The van der Waals surface area contributed by atoms with Crippen LogP contribution in [-0.2, 0) is 0 Å². The Morgan fingerprint density at radius 1 is 0.356 bits per heavy atom. The lowest BCUT2D eigenvalue weighted by Crippen LogP contribution is -2.13. The number of nitrogens with zero attached hydrogens (tertiary/aromatic N) is 2. The van der Waals surface area contributed by atoms with Gasteiger partial charge in [-0.2, -0.15) is 0 Å². The Bertz CT molecular complexity index is 3540. The molecule has 12 aromatic rings. The first-order valence-corrected chi connectivity index (χ1v) is 20.2. The van der Waals surface area contributed by atoms with Crippen LogP contribution in [0.1, 0.15) is 0 Å². The van der Waals surface area contributed by atoms with Crippen LogP contribution >= 0.6 is 0 Å². The summed E-state index contributed by atoms with van der Waals surface area (Å²) >= 11 is 0. The fraction of sp³-hybridized carbons (Fsp3) is 0. The number of rotatable bonds is 6. The van der Waals surface area contributed by atoms with E-state index in [2.05, 4.69) is 228 Å². The summed E-state index contributed by atoms with van der Waals surface area (Å²) in [6, 6.07) is 78.7. The van der Waals surface area contributed by atoms with Crippen molar-refractivity contribution in [1.82, 2.24) is 4.57 Å². The summed E-state index contributed by atoms with van der Waals surface area (Å²) in [5, 5.41) is 9.36. The Balaban J connectivity index is 1.21. The van der Waals surface area contributed by atoms with E-state index < -0.39 is 0 Å². The Morgan fingerprint density at radius 3 is 1.80 bits per heavy atom. The molecule has 0 amide bonds. The maximum atomic E-state index is 6.97. The van der Waals surface area contributed by atoms with Gasteiger partial charge < -0.3 is 13.9 Å². The van der Waals surface area contributed by atoms with Gasteiger partial charge in [-0.25, -0.2) is 0 Å². The van der Waals surface area contributed by atoms with Crippen LogP contribution in [0, 0.1) is 0 Å². The fourth-order valence-electron chi connectivity index (χ4n) is 9.34. The number of furan rings is 1. The van der Waals surface area contributed by atoms with Crippen molar-refractivity contribution in [3.8, 4) is 27.9 Å². The highest BCUT2D eigenvalue weighted by atomic mass is 16.3. The van der Waals surface area contributed by atoms with E-state index in [-0.39, 0.29) is 0 Å². The minimum absolute atomic E-state index is 0.858. The standard InChI is InChI=1S/C56H36N2O/c1-3-15-37(16-4-1)38-29-31-40(32-30-38)44-35-36-50(54-47-23-10-12-28-52(47)59-56(44)54)58(49-26-13-18-41-34-33-39-17-7-8-21-43(39)53(41)49)51-27-14-24-46-45-22-9-11-25-48(45)57(55(46)51)42-19-5-2-6-20-42/h1-36H. The van der Waals surface area contributed by atoms with Crippen LogP contribution in [0.4, 0.5) is 17.1 Å². The summed E-state index contributed by atoms with van der Waals surface area (Å²) in [6.07, 6.45) is 0. The third-order valence-electron chi connectivity index (χ3n) is 12.0. The van der Waals surface area contributed by atoms with E-state index in [0.717, 1.165) is 66.8 Å². The third kappa shape index (κ3) is 5.22. The molecule has 276 valence electrons. The number of para-hydroxylation sites is 4. The van der Waals surface area contributed by atoms with Gasteiger partial charge in [-0.05, 0) is 81.4 Å². The number of benzene rings is 10. The van der Waals surface area contributed by atoms with Crippen LogP contribution in [0.25, 0.3) is 93.2 Å². The highest BCUT2D eigenvalue weighted by Crippen LogP contribution is 2.51. The topological polar surface area (TPSA) is 21.3 Å². The highest BCUT2D eigenvalue weighted by Gasteiger charge is 2.27. The molecule has 0 spiro atoms. The summed E-state index contributed by atoms with van der Waals surface area (Å²) in [4.78, 5) is 2.50. The van der Waals surface area contributed by atoms with E-state index in [4.69, 9.17) is 4.42 Å². The van der Waals surface area contributed by atoms with Gasteiger partial charge >= 0.3 is 0 Å². The second kappa shape index (κ2) is 13.4. The molecular formula is C56H36N2O. The van der Waals surface area contributed by atoms with E-state index in [0.29, 0.717) is 0 Å². The fourth-order valence-corrected chi connectivity index (χ4v) is 9.34. The predicted octanol–water partition coefficient (Wildman–Crippen LogP) is 15.8. The number of aromatic nitrogens is 1. The summed E-state index contributed by atoms with van der Waals surface area (Å²) < 4.78 is 9.40. The van der Waals surface area contributed by atoms with Crippen molar-refractivity contribution in [2.24, 2.45) is 0 Å². The molecule has 0 aliphatic heterocycles. The minimum Gasteiger partial charge on any atom is -0.455 e. The van der Waals surface area contributed by atoms with E-state index in [1.54, 1.807) is 0 Å². The van der Waals surface area contributed by atoms with E-state index >= 15 is 0 Å². The molecule has 0 atom stereocenters. The quantitative estimate of drug-likeness (QED) is 0.158. The monoisotopic (exact) mass is 752 g/mol. The SMILES string of the molecule is c1ccc(-c2ccc(-c3ccc(N(c4cccc5ccc6ccccc6c45)c4cccc5c6ccccc6n(-c6ccccc6)c45)c4c3oc3ccccc34)cc2)cc1. The van der Waals surface area contributed by atoms with Crippen LogP contribution in [0.15, 0.2) is 223 Å². The molecule has 12 rings (SSSR count). The molecule has 0 saturated carbocycles. The van der Waals surface area contributed by atoms with Gasteiger partial charge in [-0.15, -0.1) is 0 Å². The molecule has 0 saturated heterocycles. The average Bonchev–Trinajstić information content (AvgIpc) is 3.87. The number of hydrogen-bond acceptors (Lipinski definition) is 2.